The molecule has 120 valence electrons. The van der Waals surface area contributed by atoms with Crippen molar-refractivity contribution in [1.82, 2.24) is 15.2 Å². The molecule has 1 atom stereocenters. The molecule has 0 aliphatic carbocycles. The fourth-order valence-electron chi connectivity index (χ4n) is 2.00. The molecule has 0 spiro atoms. The maximum atomic E-state index is 12.4. The SMILES string of the molecule is C[C@@H]1CNCCN1C(=O)c1ccc(C(F)(F)F)nc1.Cl.Cl. The Hall–Kier alpha value is -1.05. The zero-order valence-electron chi connectivity index (χ0n) is 11.2. The van der Waals surface area contributed by atoms with Crippen LogP contribution in [0.5, 0.6) is 0 Å². The Kier molecular flexibility index (Phi) is 7.43. The number of pyridine rings is 1. The highest BCUT2D eigenvalue weighted by Crippen LogP contribution is 2.27. The minimum atomic E-state index is -4.48. The van der Waals surface area contributed by atoms with E-state index in [9.17, 15) is 18.0 Å². The van der Waals surface area contributed by atoms with Crippen LogP contribution in [-0.4, -0.2) is 41.5 Å². The lowest BCUT2D eigenvalue weighted by molar-refractivity contribution is -0.141. The number of nitrogens with one attached hydrogen (secondary N) is 1. The third kappa shape index (κ3) is 4.72. The van der Waals surface area contributed by atoms with Crippen LogP contribution in [0.3, 0.4) is 0 Å². The number of carbonyl (C=O) groups excluding carboxylic acids is 1. The van der Waals surface area contributed by atoms with E-state index in [2.05, 4.69) is 10.3 Å². The third-order valence-electron chi connectivity index (χ3n) is 3.06. The first-order valence-corrected chi connectivity index (χ1v) is 5.94. The number of amides is 1. The Morgan fingerprint density at radius 3 is 2.52 bits per heavy atom. The van der Waals surface area contributed by atoms with Gasteiger partial charge in [-0.1, -0.05) is 0 Å². The second kappa shape index (κ2) is 7.82. The molecule has 1 aliphatic rings. The van der Waals surface area contributed by atoms with Gasteiger partial charge in [-0.05, 0) is 19.1 Å². The van der Waals surface area contributed by atoms with Gasteiger partial charge in [0, 0.05) is 31.9 Å². The van der Waals surface area contributed by atoms with Crippen molar-refractivity contribution in [2.45, 2.75) is 19.1 Å². The average molecular weight is 346 g/mol. The lowest BCUT2D eigenvalue weighted by Gasteiger charge is -2.34. The molecule has 1 fully saturated rings. The van der Waals surface area contributed by atoms with Gasteiger partial charge < -0.3 is 10.2 Å². The van der Waals surface area contributed by atoms with Crippen molar-refractivity contribution in [2.24, 2.45) is 0 Å². The molecule has 2 rings (SSSR count). The lowest BCUT2D eigenvalue weighted by Crippen LogP contribution is -2.52. The fraction of sp³-hybridized carbons (Fsp3) is 0.500. The van der Waals surface area contributed by atoms with Crippen LogP contribution in [0.4, 0.5) is 13.2 Å². The van der Waals surface area contributed by atoms with Gasteiger partial charge in [-0.3, -0.25) is 9.78 Å². The molecule has 1 amide bonds. The summed E-state index contributed by atoms with van der Waals surface area (Å²) in [6, 6.07) is 2.02. The third-order valence-corrected chi connectivity index (χ3v) is 3.06. The van der Waals surface area contributed by atoms with E-state index in [1.165, 1.54) is 6.07 Å². The van der Waals surface area contributed by atoms with Gasteiger partial charge in [-0.15, -0.1) is 24.8 Å². The summed E-state index contributed by atoms with van der Waals surface area (Å²) in [4.78, 5) is 17.1. The summed E-state index contributed by atoms with van der Waals surface area (Å²) in [6.07, 6.45) is -3.50. The van der Waals surface area contributed by atoms with Crippen molar-refractivity contribution in [3.8, 4) is 0 Å². The van der Waals surface area contributed by atoms with Gasteiger partial charge in [-0.25, -0.2) is 0 Å². The van der Waals surface area contributed by atoms with E-state index < -0.39 is 11.9 Å². The predicted molar refractivity (Wildman–Crippen MR) is 77.1 cm³/mol. The molecule has 0 saturated carbocycles. The smallest absolute Gasteiger partial charge is 0.333 e. The van der Waals surface area contributed by atoms with Gasteiger partial charge in [0.05, 0.1) is 5.56 Å². The average Bonchev–Trinajstić information content (AvgIpc) is 2.38. The molecule has 21 heavy (non-hydrogen) atoms. The minimum Gasteiger partial charge on any atom is -0.333 e. The number of halogens is 5. The van der Waals surface area contributed by atoms with Crippen molar-refractivity contribution in [3.05, 3.63) is 29.6 Å². The first-order chi connectivity index (χ1) is 8.89. The Morgan fingerprint density at radius 1 is 1.38 bits per heavy atom. The van der Waals surface area contributed by atoms with Crippen LogP contribution in [0.2, 0.25) is 0 Å². The maximum Gasteiger partial charge on any atom is 0.433 e. The van der Waals surface area contributed by atoms with Gasteiger partial charge in [0.1, 0.15) is 5.69 Å². The van der Waals surface area contributed by atoms with E-state index in [0.29, 0.717) is 19.6 Å². The first-order valence-electron chi connectivity index (χ1n) is 5.94. The van der Waals surface area contributed by atoms with Crippen LogP contribution in [0.25, 0.3) is 0 Å². The standard InChI is InChI=1S/C12H14F3N3O.2ClH/c1-8-6-16-4-5-18(8)11(19)9-2-3-10(17-7-9)12(13,14)15;;/h2-3,7-8,16H,4-6H2,1H3;2*1H/t8-;;/m1../s1. The number of aromatic nitrogens is 1. The number of carbonyl (C=O) groups is 1. The van der Waals surface area contributed by atoms with Crippen LogP contribution in [-0.2, 0) is 6.18 Å². The molecule has 0 aromatic carbocycles. The summed E-state index contributed by atoms with van der Waals surface area (Å²) >= 11 is 0. The zero-order chi connectivity index (χ0) is 14.0. The molecule has 1 aliphatic heterocycles. The van der Waals surface area contributed by atoms with Gasteiger partial charge in [0.2, 0.25) is 0 Å². The molecule has 1 aromatic rings. The Bertz CT molecular complexity index is 468. The van der Waals surface area contributed by atoms with E-state index in [0.717, 1.165) is 12.3 Å². The van der Waals surface area contributed by atoms with Gasteiger partial charge in [0.15, 0.2) is 0 Å². The molecular weight excluding hydrogens is 330 g/mol. The van der Waals surface area contributed by atoms with Crippen LogP contribution < -0.4 is 5.32 Å². The normalized spacial score (nSPS) is 18.5. The van der Waals surface area contributed by atoms with Crippen LogP contribution >= 0.6 is 24.8 Å². The summed E-state index contributed by atoms with van der Waals surface area (Å²) in [5.74, 6) is -0.282. The summed E-state index contributed by atoms with van der Waals surface area (Å²) in [5, 5.41) is 3.14. The Balaban J connectivity index is 0.00000200. The van der Waals surface area contributed by atoms with E-state index in [-0.39, 0.29) is 42.3 Å². The molecule has 2 heterocycles. The quantitative estimate of drug-likeness (QED) is 0.849. The molecular formula is C12H16Cl2F3N3O. The monoisotopic (exact) mass is 345 g/mol. The summed E-state index contributed by atoms with van der Waals surface area (Å²) < 4.78 is 37.1. The summed E-state index contributed by atoms with van der Waals surface area (Å²) in [6.45, 7) is 3.80. The highest BCUT2D eigenvalue weighted by atomic mass is 35.5. The first kappa shape index (κ1) is 19.9. The second-order valence-corrected chi connectivity index (χ2v) is 4.48. The lowest BCUT2D eigenvalue weighted by atomic mass is 10.1. The van der Waals surface area contributed by atoms with E-state index in [1.54, 1.807) is 4.90 Å². The van der Waals surface area contributed by atoms with Crippen molar-refractivity contribution in [1.29, 1.82) is 0 Å². The van der Waals surface area contributed by atoms with Gasteiger partial charge in [0.25, 0.3) is 5.91 Å². The van der Waals surface area contributed by atoms with Crippen molar-refractivity contribution < 1.29 is 18.0 Å². The molecule has 1 N–H and O–H groups in total. The van der Waals surface area contributed by atoms with Crippen LogP contribution in [0.15, 0.2) is 18.3 Å². The van der Waals surface area contributed by atoms with E-state index >= 15 is 0 Å². The zero-order valence-corrected chi connectivity index (χ0v) is 12.8. The Morgan fingerprint density at radius 2 is 2.05 bits per heavy atom. The minimum absolute atomic E-state index is 0. The number of hydrogen-bond acceptors (Lipinski definition) is 3. The number of hydrogen-bond donors (Lipinski definition) is 1. The van der Waals surface area contributed by atoms with Crippen molar-refractivity contribution in [2.75, 3.05) is 19.6 Å². The fourth-order valence-corrected chi connectivity index (χ4v) is 2.00. The molecule has 1 saturated heterocycles. The number of piperazine rings is 1. The number of nitrogens with zero attached hydrogens (tertiary/aromatic N) is 2. The molecule has 1 aromatic heterocycles. The predicted octanol–water partition coefficient (Wildman–Crippen LogP) is 2.38. The van der Waals surface area contributed by atoms with Crippen molar-refractivity contribution in [3.63, 3.8) is 0 Å². The summed E-state index contributed by atoms with van der Waals surface area (Å²) in [5.41, 5.74) is -0.806. The maximum absolute atomic E-state index is 12.4. The van der Waals surface area contributed by atoms with Crippen LogP contribution in [0.1, 0.15) is 23.0 Å². The largest absolute Gasteiger partial charge is 0.433 e. The Labute approximate surface area is 132 Å². The number of rotatable bonds is 1. The van der Waals surface area contributed by atoms with Crippen LogP contribution in [0, 0.1) is 0 Å². The second-order valence-electron chi connectivity index (χ2n) is 4.48. The molecule has 0 radical (unpaired) electrons. The molecule has 4 nitrogen and oxygen atoms in total. The molecule has 0 bridgehead atoms. The van der Waals surface area contributed by atoms with E-state index in [1.807, 2.05) is 6.92 Å². The molecule has 0 unspecified atom stereocenters. The number of alkyl halides is 3. The molecule has 9 heteroatoms. The highest BCUT2D eigenvalue weighted by Gasteiger charge is 2.32. The summed E-state index contributed by atoms with van der Waals surface area (Å²) in [7, 11) is 0. The van der Waals surface area contributed by atoms with E-state index in [4.69, 9.17) is 0 Å². The van der Waals surface area contributed by atoms with Gasteiger partial charge in [-0.2, -0.15) is 13.2 Å². The van der Waals surface area contributed by atoms with Crippen molar-refractivity contribution >= 4 is 30.7 Å². The van der Waals surface area contributed by atoms with Gasteiger partial charge >= 0.3 is 6.18 Å². The highest BCUT2D eigenvalue weighted by molar-refractivity contribution is 5.94. The topological polar surface area (TPSA) is 45.2 Å².